The van der Waals surface area contributed by atoms with Gasteiger partial charge in [0.1, 0.15) is 5.00 Å². The first-order valence-corrected chi connectivity index (χ1v) is 9.93. The van der Waals surface area contributed by atoms with E-state index in [0.29, 0.717) is 34.6 Å². The van der Waals surface area contributed by atoms with Crippen LogP contribution in [0.15, 0.2) is 35.7 Å². The number of carbonyl (C=O) groups is 2. The molecule has 1 aromatic carbocycles. The first-order chi connectivity index (χ1) is 12.5. The van der Waals surface area contributed by atoms with E-state index in [0.717, 1.165) is 19.4 Å². The number of hydrogen-bond acceptors (Lipinski definition) is 4. The average molecular weight is 372 g/mol. The Morgan fingerprint density at radius 1 is 1.19 bits per heavy atom. The number of anilines is 1. The van der Waals surface area contributed by atoms with Crippen molar-refractivity contribution < 1.29 is 9.59 Å². The lowest BCUT2D eigenvalue weighted by molar-refractivity contribution is 0.0951. The fourth-order valence-electron chi connectivity index (χ4n) is 3.02. The van der Waals surface area contributed by atoms with E-state index in [9.17, 15) is 9.59 Å². The lowest BCUT2D eigenvalue weighted by Gasteiger charge is -2.12. The number of amides is 2. The average Bonchev–Trinajstić information content (AvgIpc) is 3.31. The third kappa shape index (κ3) is 4.51. The zero-order valence-corrected chi connectivity index (χ0v) is 16.0. The molecule has 138 valence electrons. The van der Waals surface area contributed by atoms with Crippen LogP contribution >= 0.6 is 11.3 Å². The smallest absolute Gasteiger partial charge is 0.256 e. The van der Waals surface area contributed by atoms with E-state index in [1.807, 2.05) is 29.6 Å². The molecule has 1 aromatic heterocycles. The van der Waals surface area contributed by atoms with Crippen LogP contribution in [0.5, 0.6) is 0 Å². The van der Waals surface area contributed by atoms with Crippen molar-refractivity contribution in [3.8, 4) is 0 Å². The number of hydrogen-bond donors (Lipinski definition) is 3. The Balaban J connectivity index is 1.62. The summed E-state index contributed by atoms with van der Waals surface area (Å²) in [5, 5.41) is 11.6. The zero-order valence-electron chi connectivity index (χ0n) is 15.2. The summed E-state index contributed by atoms with van der Waals surface area (Å²) in [6.45, 7) is 5.86. The van der Waals surface area contributed by atoms with E-state index in [1.54, 1.807) is 6.07 Å². The molecule has 3 N–H and O–H groups in total. The monoisotopic (exact) mass is 371 g/mol. The summed E-state index contributed by atoms with van der Waals surface area (Å²) in [6, 6.07) is 9.68. The molecule has 3 rings (SSSR count). The minimum Gasteiger partial charge on any atom is -0.350 e. The largest absolute Gasteiger partial charge is 0.350 e. The Kier molecular flexibility index (Phi) is 6.06. The fourth-order valence-corrected chi connectivity index (χ4v) is 3.80. The molecule has 6 heteroatoms. The van der Waals surface area contributed by atoms with E-state index in [2.05, 4.69) is 29.8 Å². The molecule has 0 spiro atoms. The number of nitrogens with one attached hydrogen (secondary N) is 3. The van der Waals surface area contributed by atoms with Crippen LogP contribution < -0.4 is 16.0 Å². The van der Waals surface area contributed by atoms with Crippen molar-refractivity contribution in [1.82, 2.24) is 10.6 Å². The van der Waals surface area contributed by atoms with E-state index in [1.165, 1.54) is 16.9 Å². The molecule has 1 unspecified atom stereocenters. The molecular formula is C20H25N3O2S. The van der Waals surface area contributed by atoms with Gasteiger partial charge in [0.05, 0.1) is 5.56 Å². The maximum atomic E-state index is 12.5. The van der Waals surface area contributed by atoms with Crippen molar-refractivity contribution in [2.45, 2.75) is 38.6 Å². The lowest BCUT2D eigenvalue weighted by Crippen LogP contribution is -2.37. The molecule has 1 aliphatic rings. The van der Waals surface area contributed by atoms with Crippen molar-refractivity contribution in [1.29, 1.82) is 0 Å². The second kappa shape index (κ2) is 8.47. The van der Waals surface area contributed by atoms with E-state index >= 15 is 0 Å². The standard InChI is InChI=1S/C20H25N3O2S/c1-13(2)14-5-7-15(8-6-14)18(24)23-20-17(9-11-26-20)19(25)22-12-16-4-3-10-21-16/h5-9,11,13,16,21H,3-4,10,12H2,1-2H3,(H,22,25)(H,23,24). The zero-order chi connectivity index (χ0) is 18.5. The Bertz CT molecular complexity index is 762. The Morgan fingerprint density at radius 2 is 1.96 bits per heavy atom. The fraction of sp³-hybridized carbons (Fsp3) is 0.400. The molecule has 0 aliphatic carbocycles. The van der Waals surface area contributed by atoms with Gasteiger partial charge < -0.3 is 16.0 Å². The van der Waals surface area contributed by atoms with E-state index in [-0.39, 0.29) is 11.8 Å². The first-order valence-electron chi connectivity index (χ1n) is 9.05. The maximum Gasteiger partial charge on any atom is 0.256 e. The highest BCUT2D eigenvalue weighted by Gasteiger charge is 2.19. The molecule has 2 heterocycles. The van der Waals surface area contributed by atoms with Crippen LogP contribution in [0, 0.1) is 0 Å². The summed E-state index contributed by atoms with van der Waals surface area (Å²) in [5.41, 5.74) is 2.29. The highest BCUT2D eigenvalue weighted by atomic mass is 32.1. The van der Waals surface area contributed by atoms with Crippen LogP contribution in [-0.2, 0) is 0 Å². The van der Waals surface area contributed by atoms with Crippen LogP contribution in [0.2, 0.25) is 0 Å². The molecule has 1 aliphatic heterocycles. The lowest BCUT2D eigenvalue weighted by atomic mass is 10.0. The van der Waals surface area contributed by atoms with E-state index in [4.69, 9.17) is 0 Å². The summed E-state index contributed by atoms with van der Waals surface area (Å²) < 4.78 is 0. The second-order valence-electron chi connectivity index (χ2n) is 6.90. The Morgan fingerprint density at radius 3 is 2.62 bits per heavy atom. The van der Waals surface area contributed by atoms with Crippen LogP contribution in [0.25, 0.3) is 0 Å². The number of carbonyl (C=O) groups excluding carboxylic acids is 2. The van der Waals surface area contributed by atoms with Gasteiger partial charge >= 0.3 is 0 Å². The minimum atomic E-state index is -0.200. The Labute approximate surface area is 158 Å². The predicted octanol–water partition coefficient (Wildman–Crippen LogP) is 3.61. The molecule has 26 heavy (non-hydrogen) atoms. The third-order valence-electron chi connectivity index (χ3n) is 4.65. The van der Waals surface area contributed by atoms with Gasteiger partial charge in [-0.3, -0.25) is 9.59 Å². The number of rotatable bonds is 6. The highest BCUT2D eigenvalue weighted by molar-refractivity contribution is 7.14. The van der Waals surface area contributed by atoms with Gasteiger partial charge in [0.25, 0.3) is 11.8 Å². The number of benzene rings is 1. The third-order valence-corrected chi connectivity index (χ3v) is 5.48. The molecule has 0 bridgehead atoms. The van der Waals surface area contributed by atoms with Gasteiger partial charge in [0.2, 0.25) is 0 Å². The summed E-state index contributed by atoms with van der Waals surface area (Å²) in [6.07, 6.45) is 2.23. The molecule has 2 aromatic rings. The Hall–Kier alpha value is -2.18. The molecule has 1 atom stereocenters. The van der Waals surface area contributed by atoms with Gasteiger partial charge in [-0.15, -0.1) is 11.3 Å². The minimum absolute atomic E-state index is 0.148. The highest BCUT2D eigenvalue weighted by Crippen LogP contribution is 2.24. The second-order valence-corrected chi connectivity index (χ2v) is 7.81. The van der Waals surface area contributed by atoms with Crippen LogP contribution in [-0.4, -0.2) is 30.9 Å². The molecule has 2 amide bonds. The summed E-state index contributed by atoms with van der Waals surface area (Å²) in [5.74, 6) is 0.0775. The number of thiophene rings is 1. The summed E-state index contributed by atoms with van der Waals surface area (Å²) in [4.78, 5) is 24.9. The van der Waals surface area contributed by atoms with Crippen molar-refractivity contribution in [3.63, 3.8) is 0 Å². The van der Waals surface area contributed by atoms with Gasteiger partial charge in [-0.1, -0.05) is 26.0 Å². The van der Waals surface area contributed by atoms with Crippen LogP contribution in [0.1, 0.15) is 58.9 Å². The van der Waals surface area contributed by atoms with Gasteiger partial charge in [0.15, 0.2) is 0 Å². The predicted molar refractivity (Wildman–Crippen MR) is 106 cm³/mol. The molecule has 0 saturated carbocycles. The van der Waals surface area contributed by atoms with Gasteiger partial charge in [0, 0.05) is 18.2 Å². The van der Waals surface area contributed by atoms with Crippen molar-refractivity contribution >= 4 is 28.2 Å². The van der Waals surface area contributed by atoms with Gasteiger partial charge in [-0.2, -0.15) is 0 Å². The van der Waals surface area contributed by atoms with E-state index < -0.39 is 0 Å². The summed E-state index contributed by atoms with van der Waals surface area (Å²) in [7, 11) is 0. The van der Waals surface area contributed by atoms with Crippen molar-refractivity contribution in [3.05, 3.63) is 52.4 Å². The van der Waals surface area contributed by atoms with Crippen molar-refractivity contribution in [2.24, 2.45) is 0 Å². The molecule has 1 saturated heterocycles. The van der Waals surface area contributed by atoms with Gasteiger partial charge in [-0.25, -0.2) is 0 Å². The van der Waals surface area contributed by atoms with Crippen molar-refractivity contribution in [2.75, 3.05) is 18.4 Å². The first kappa shape index (κ1) is 18.6. The molecule has 1 fully saturated rings. The van der Waals surface area contributed by atoms with Crippen LogP contribution in [0.3, 0.4) is 0 Å². The molecule has 0 radical (unpaired) electrons. The molecule has 5 nitrogen and oxygen atoms in total. The quantitative estimate of drug-likeness (QED) is 0.726. The molecular weight excluding hydrogens is 346 g/mol. The maximum absolute atomic E-state index is 12.5. The van der Waals surface area contributed by atoms with Gasteiger partial charge in [-0.05, 0) is 54.4 Å². The summed E-state index contributed by atoms with van der Waals surface area (Å²) >= 11 is 1.36. The van der Waals surface area contributed by atoms with Crippen LogP contribution in [0.4, 0.5) is 5.00 Å². The normalized spacial score (nSPS) is 16.7. The topological polar surface area (TPSA) is 70.2 Å². The SMILES string of the molecule is CC(C)c1ccc(C(=O)Nc2sccc2C(=O)NCC2CCCN2)cc1.